The summed E-state index contributed by atoms with van der Waals surface area (Å²) >= 11 is 1.40. The SMILES string of the molecule is CCN(CCCOS(=O)(=O)[O-])c1ccc(N=Nc2scn[n+]2C)cc1. The predicted octanol–water partition coefficient (Wildman–Crippen LogP) is 2.08. The summed E-state index contributed by atoms with van der Waals surface area (Å²) in [5.74, 6) is 0. The van der Waals surface area contributed by atoms with E-state index in [9.17, 15) is 13.0 Å². The smallest absolute Gasteiger partial charge is 0.429 e. The van der Waals surface area contributed by atoms with Crippen molar-refractivity contribution in [1.82, 2.24) is 5.10 Å². The minimum atomic E-state index is -4.62. The molecule has 0 radical (unpaired) electrons. The highest BCUT2D eigenvalue weighted by Crippen LogP contribution is 2.22. The first-order chi connectivity index (χ1) is 11.9. The molecule has 1 heterocycles. The number of rotatable bonds is 9. The second-order valence-electron chi connectivity index (χ2n) is 5.02. The van der Waals surface area contributed by atoms with E-state index in [1.807, 2.05) is 36.1 Å². The molecule has 0 unspecified atom stereocenters. The van der Waals surface area contributed by atoms with E-state index in [-0.39, 0.29) is 6.61 Å². The van der Waals surface area contributed by atoms with Crippen molar-refractivity contribution >= 4 is 38.2 Å². The second-order valence-corrected chi connectivity index (χ2v) is 6.89. The number of anilines is 1. The van der Waals surface area contributed by atoms with Gasteiger partial charge < -0.3 is 9.45 Å². The van der Waals surface area contributed by atoms with Crippen molar-refractivity contribution < 1.29 is 21.8 Å². The lowest BCUT2D eigenvalue weighted by Gasteiger charge is -2.23. The topological polar surface area (TPSA) is 111 Å². The molecule has 0 aliphatic rings. The summed E-state index contributed by atoms with van der Waals surface area (Å²) in [5, 5.41) is 13.1. The second kappa shape index (κ2) is 8.94. The first-order valence-corrected chi connectivity index (χ1v) is 9.77. The number of benzene rings is 1. The normalized spacial score (nSPS) is 12.0. The maximum atomic E-state index is 10.4. The van der Waals surface area contributed by atoms with Gasteiger partial charge in [0.05, 0.1) is 11.7 Å². The molecule has 0 saturated carbocycles. The van der Waals surface area contributed by atoms with Crippen LogP contribution in [0, 0.1) is 0 Å². The standard InChI is InChI=1S/C14H19N5O4S2/c1-3-19(9-4-10-23-25(20,21)22)13-7-5-12(6-8-13)16-17-14-18(2)15-11-24-14/h5-8,11H,3-4,9-10H2,1-2H3. The third-order valence-corrected chi connectivity index (χ3v) is 4.51. The Kier molecular flexibility index (Phi) is 6.93. The fraction of sp³-hybridized carbons (Fsp3) is 0.429. The lowest BCUT2D eigenvalue weighted by Crippen LogP contribution is -2.28. The van der Waals surface area contributed by atoms with Gasteiger partial charge in [-0.15, -0.1) is 4.68 Å². The van der Waals surface area contributed by atoms with Crippen LogP contribution in [0.3, 0.4) is 0 Å². The molecule has 25 heavy (non-hydrogen) atoms. The Morgan fingerprint density at radius 3 is 2.60 bits per heavy atom. The van der Waals surface area contributed by atoms with Crippen LogP contribution in [0.1, 0.15) is 13.3 Å². The first-order valence-electron chi connectivity index (χ1n) is 7.56. The zero-order valence-corrected chi connectivity index (χ0v) is 15.5. The Morgan fingerprint density at radius 1 is 1.32 bits per heavy atom. The Hall–Kier alpha value is -1.95. The molecule has 1 aromatic heterocycles. The maximum absolute atomic E-state index is 10.4. The molecule has 0 amide bonds. The summed E-state index contributed by atoms with van der Waals surface area (Å²) in [6, 6.07) is 7.52. The average molecular weight is 385 g/mol. The van der Waals surface area contributed by atoms with Gasteiger partial charge in [-0.25, -0.2) is 8.42 Å². The van der Waals surface area contributed by atoms with Crippen molar-refractivity contribution in [2.24, 2.45) is 17.3 Å². The van der Waals surface area contributed by atoms with Crippen LogP contribution < -0.4 is 9.58 Å². The van der Waals surface area contributed by atoms with E-state index in [0.29, 0.717) is 23.8 Å². The van der Waals surface area contributed by atoms with Gasteiger partial charge >= 0.3 is 5.13 Å². The van der Waals surface area contributed by atoms with Gasteiger partial charge in [0.1, 0.15) is 18.2 Å². The lowest BCUT2D eigenvalue weighted by molar-refractivity contribution is -0.713. The third-order valence-electron chi connectivity index (χ3n) is 3.30. The third kappa shape index (κ3) is 6.46. The predicted molar refractivity (Wildman–Crippen MR) is 92.1 cm³/mol. The van der Waals surface area contributed by atoms with Gasteiger partial charge in [0.2, 0.25) is 10.4 Å². The average Bonchev–Trinajstić information content (AvgIpc) is 2.98. The highest BCUT2D eigenvalue weighted by atomic mass is 32.3. The van der Waals surface area contributed by atoms with Gasteiger partial charge in [0, 0.05) is 18.8 Å². The summed E-state index contributed by atoms with van der Waals surface area (Å²) in [7, 11) is -2.82. The number of nitrogens with zero attached hydrogens (tertiary/aromatic N) is 5. The van der Waals surface area contributed by atoms with Crippen molar-refractivity contribution in [1.29, 1.82) is 0 Å². The van der Waals surface area contributed by atoms with Gasteiger partial charge in [0.25, 0.3) is 0 Å². The Labute approximate surface area is 150 Å². The molecular formula is C14H19N5O4S2. The van der Waals surface area contributed by atoms with Gasteiger partial charge in [-0.3, -0.25) is 4.18 Å². The Morgan fingerprint density at radius 2 is 2.04 bits per heavy atom. The van der Waals surface area contributed by atoms with Gasteiger partial charge in [-0.2, -0.15) is 0 Å². The molecule has 2 rings (SSSR count). The largest absolute Gasteiger partial charge is 0.726 e. The molecule has 0 aliphatic carbocycles. The van der Waals surface area contributed by atoms with E-state index in [2.05, 4.69) is 19.5 Å². The van der Waals surface area contributed by atoms with Crippen LogP contribution in [-0.2, 0) is 21.6 Å². The minimum absolute atomic E-state index is 0.125. The van der Waals surface area contributed by atoms with E-state index in [0.717, 1.165) is 12.2 Å². The summed E-state index contributed by atoms with van der Waals surface area (Å²) in [4.78, 5) is 2.05. The fourth-order valence-corrected chi connectivity index (χ4v) is 2.96. The van der Waals surface area contributed by atoms with E-state index in [1.54, 1.807) is 17.2 Å². The summed E-state index contributed by atoms with van der Waals surface area (Å²) in [6.45, 7) is 3.17. The van der Waals surface area contributed by atoms with E-state index in [4.69, 9.17) is 0 Å². The Balaban J connectivity index is 1.92. The number of aryl methyl sites for hydroxylation is 1. The van der Waals surface area contributed by atoms with E-state index >= 15 is 0 Å². The lowest BCUT2D eigenvalue weighted by atomic mass is 10.2. The van der Waals surface area contributed by atoms with Gasteiger partial charge in [-0.05, 0) is 54.1 Å². The van der Waals surface area contributed by atoms with Crippen molar-refractivity contribution in [3.05, 3.63) is 29.8 Å². The first kappa shape index (κ1) is 19.4. The van der Waals surface area contributed by atoms with E-state index in [1.165, 1.54) is 11.3 Å². The van der Waals surface area contributed by atoms with Crippen molar-refractivity contribution in [3.8, 4) is 0 Å². The molecule has 0 aliphatic heterocycles. The van der Waals surface area contributed by atoms with Crippen LogP contribution in [0.25, 0.3) is 0 Å². The minimum Gasteiger partial charge on any atom is -0.726 e. The van der Waals surface area contributed by atoms with Crippen LogP contribution in [0.15, 0.2) is 40.0 Å². The highest BCUT2D eigenvalue weighted by Gasteiger charge is 2.09. The van der Waals surface area contributed by atoms with Gasteiger partial charge in [0.15, 0.2) is 0 Å². The van der Waals surface area contributed by atoms with Crippen LogP contribution in [0.5, 0.6) is 0 Å². The number of aromatic nitrogens is 2. The molecule has 0 saturated heterocycles. The summed E-state index contributed by atoms with van der Waals surface area (Å²) < 4.78 is 37.1. The molecule has 0 atom stereocenters. The quantitative estimate of drug-likeness (QED) is 0.215. The van der Waals surface area contributed by atoms with Crippen molar-refractivity contribution in [3.63, 3.8) is 0 Å². The van der Waals surface area contributed by atoms with Gasteiger partial charge in [-0.1, -0.05) is 5.10 Å². The Bertz CT molecular complexity index is 805. The molecule has 0 spiro atoms. The summed E-state index contributed by atoms with van der Waals surface area (Å²) in [6.07, 6.45) is 0.429. The van der Waals surface area contributed by atoms with E-state index < -0.39 is 10.4 Å². The molecule has 0 fully saturated rings. The molecule has 0 bridgehead atoms. The van der Waals surface area contributed by atoms with Crippen LogP contribution in [0.2, 0.25) is 0 Å². The molecule has 136 valence electrons. The zero-order chi connectivity index (χ0) is 18.3. The molecule has 1 aromatic carbocycles. The monoisotopic (exact) mass is 385 g/mol. The summed E-state index contributed by atoms with van der Waals surface area (Å²) in [5.41, 5.74) is 3.38. The number of azo groups is 1. The van der Waals surface area contributed by atoms with Crippen LogP contribution >= 0.6 is 11.3 Å². The molecule has 9 nitrogen and oxygen atoms in total. The maximum Gasteiger partial charge on any atom is 0.429 e. The fourth-order valence-electron chi connectivity index (χ4n) is 2.07. The number of hydrogen-bond acceptors (Lipinski definition) is 9. The van der Waals surface area contributed by atoms with Crippen molar-refractivity contribution in [2.45, 2.75) is 13.3 Å². The number of hydrogen-bond donors (Lipinski definition) is 0. The van der Waals surface area contributed by atoms with Crippen LogP contribution in [0.4, 0.5) is 16.5 Å². The zero-order valence-electron chi connectivity index (χ0n) is 13.9. The molecule has 0 N–H and O–H groups in total. The van der Waals surface area contributed by atoms with Crippen molar-refractivity contribution in [2.75, 3.05) is 24.6 Å². The molecule has 11 heteroatoms. The molecular weight excluding hydrogens is 366 g/mol. The highest BCUT2D eigenvalue weighted by molar-refractivity contribution is 7.80. The van der Waals surface area contributed by atoms with Crippen LogP contribution in [-0.4, -0.2) is 37.8 Å². The molecule has 2 aromatic rings.